The molecule has 2 nitrogen and oxygen atoms in total. The van der Waals surface area contributed by atoms with E-state index in [1.54, 1.807) is 0 Å². The van der Waals surface area contributed by atoms with Crippen LogP contribution in [-0.2, 0) is 0 Å². The van der Waals surface area contributed by atoms with Gasteiger partial charge in [-0.25, -0.2) is 0 Å². The van der Waals surface area contributed by atoms with Crippen molar-refractivity contribution >= 4 is 0 Å². The second-order valence-corrected chi connectivity index (χ2v) is 4.91. The Kier molecular flexibility index (Phi) is 3.74. The van der Waals surface area contributed by atoms with Gasteiger partial charge in [-0.3, -0.25) is 0 Å². The third-order valence-corrected chi connectivity index (χ3v) is 3.48. The molecular weight excluding hydrogens is 162 g/mol. The molecule has 1 aliphatic carbocycles. The molecule has 1 saturated carbocycles. The lowest BCUT2D eigenvalue weighted by Crippen LogP contribution is -2.47. The van der Waals surface area contributed by atoms with Crippen LogP contribution < -0.4 is 5.73 Å². The fourth-order valence-electron chi connectivity index (χ4n) is 2.10. The van der Waals surface area contributed by atoms with Gasteiger partial charge in [-0.05, 0) is 31.6 Å². The fraction of sp³-hybridized carbons (Fsp3) is 1.00. The summed E-state index contributed by atoms with van der Waals surface area (Å²) in [4.78, 5) is 0. The molecule has 1 rings (SSSR count). The van der Waals surface area contributed by atoms with Crippen molar-refractivity contribution in [3.05, 3.63) is 0 Å². The van der Waals surface area contributed by atoms with Gasteiger partial charge >= 0.3 is 0 Å². The van der Waals surface area contributed by atoms with Crippen molar-refractivity contribution in [3.63, 3.8) is 0 Å². The number of nitrogens with two attached hydrogens (primary N) is 1. The lowest BCUT2D eigenvalue weighted by atomic mass is 9.64. The highest BCUT2D eigenvalue weighted by molar-refractivity contribution is 4.94. The van der Waals surface area contributed by atoms with Crippen LogP contribution in [0, 0.1) is 11.3 Å². The Morgan fingerprint density at radius 1 is 1.31 bits per heavy atom. The van der Waals surface area contributed by atoms with Crippen molar-refractivity contribution in [2.45, 2.75) is 52.1 Å². The van der Waals surface area contributed by atoms with Crippen LogP contribution in [0.3, 0.4) is 0 Å². The molecule has 0 aromatic rings. The third kappa shape index (κ3) is 2.44. The number of hydrogen-bond donors (Lipinski definition) is 2. The molecule has 0 saturated heterocycles. The molecule has 3 N–H and O–H groups in total. The van der Waals surface area contributed by atoms with Crippen molar-refractivity contribution in [3.8, 4) is 0 Å². The van der Waals surface area contributed by atoms with Crippen LogP contribution in [0.1, 0.15) is 46.0 Å². The van der Waals surface area contributed by atoms with Crippen LogP contribution in [0.15, 0.2) is 0 Å². The molecule has 0 amide bonds. The van der Waals surface area contributed by atoms with E-state index >= 15 is 0 Å². The number of hydrogen-bond acceptors (Lipinski definition) is 2. The first-order chi connectivity index (χ1) is 6.10. The van der Waals surface area contributed by atoms with Gasteiger partial charge in [-0.15, -0.1) is 0 Å². The summed E-state index contributed by atoms with van der Waals surface area (Å²) < 4.78 is 0. The van der Waals surface area contributed by atoms with E-state index in [0.717, 1.165) is 25.7 Å². The largest absolute Gasteiger partial charge is 0.393 e. The quantitative estimate of drug-likeness (QED) is 0.687. The molecule has 0 heterocycles. The highest BCUT2D eigenvalue weighted by Gasteiger charge is 2.41. The van der Waals surface area contributed by atoms with Gasteiger partial charge in [0.05, 0.1) is 6.10 Å². The zero-order chi connectivity index (χ0) is 9.90. The Bertz CT molecular complexity index is 147. The van der Waals surface area contributed by atoms with E-state index in [9.17, 15) is 5.11 Å². The first kappa shape index (κ1) is 11.0. The maximum absolute atomic E-state index is 9.99. The number of aliphatic hydroxyl groups is 1. The van der Waals surface area contributed by atoms with Gasteiger partial charge in [0.25, 0.3) is 0 Å². The predicted octanol–water partition coefficient (Wildman–Crippen LogP) is 1.91. The topological polar surface area (TPSA) is 46.2 Å². The molecule has 1 atom stereocenters. The first-order valence-electron chi connectivity index (χ1n) is 5.49. The maximum atomic E-state index is 9.99. The highest BCUT2D eigenvalue weighted by Crippen LogP contribution is 2.44. The number of aliphatic hydroxyl groups excluding tert-OH is 1. The van der Waals surface area contributed by atoms with Crippen molar-refractivity contribution < 1.29 is 5.11 Å². The Hall–Kier alpha value is -0.0800. The molecule has 78 valence electrons. The summed E-state index contributed by atoms with van der Waals surface area (Å²) in [5.74, 6) is 0.685. The first-order valence-corrected chi connectivity index (χ1v) is 5.49. The Labute approximate surface area is 81.5 Å². The Balaban J connectivity index is 2.32. The average Bonchev–Trinajstić information content (AvgIpc) is 2.00. The molecular formula is C11H23NO. The van der Waals surface area contributed by atoms with E-state index in [-0.39, 0.29) is 11.5 Å². The highest BCUT2D eigenvalue weighted by atomic mass is 16.3. The molecule has 0 radical (unpaired) electrons. The summed E-state index contributed by atoms with van der Waals surface area (Å²) >= 11 is 0. The minimum absolute atomic E-state index is 0.0922. The van der Waals surface area contributed by atoms with E-state index in [2.05, 4.69) is 13.8 Å². The zero-order valence-corrected chi connectivity index (χ0v) is 8.92. The average molecular weight is 185 g/mol. The summed E-state index contributed by atoms with van der Waals surface area (Å²) in [7, 11) is 0. The molecule has 0 aromatic heterocycles. The van der Waals surface area contributed by atoms with Gasteiger partial charge in [0.2, 0.25) is 0 Å². The molecule has 2 heteroatoms. The van der Waals surface area contributed by atoms with Gasteiger partial charge in [0.1, 0.15) is 0 Å². The minimum atomic E-state index is -0.159. The summed E-state index contributed by atoms with van der Waals surface area (Å²) in [5, 5.41) is 9.99. The number of rotatable bonds is 5. The molecule has 13 heavy (non-hydrogen) atoms. The molecule has 0 aliphatic heterocycles. The monoisotopic (exact) mass is 185 g/mol. The van der Waals surface area contributed by atoms with Crippen molar-refractivity contribution in [2.24, 2.45) is 17.1 Å². The van der Waals surface area contributed by atoms with Gasteiger partial charge in [0, 0.05) is 12.0 Å². The second-order valence-electron chi connectivity index (χ2n) is 4.91. The molecule has 0 aromatic carbocycles. The van der Waals surface area contributed by atoms with Crippen LogP contribution in [0.5, 0.6) is 0 Å². The Morgan fingerprint density at radius 3 is 2.23 bits per heavy atom. The SMILES string of the molecule is CC(C)CCC(O)C1(CN)CCC1. The van der Waals surface area contributed by atoms with Gasteiger partial charge < -0.3 is 10.8 Å². The van der Waals surface area contributed by atoms with Crippen molar-refractivity contribution in [1.29, 1.82) is 0 Å². The predicted molar refractivity (Wildman–Crippen MR) is 55.4 cm³/mol. The van der Waals surface area contributed by atoms with Crippen LogP contribution in [0.4, 0.5) is 0 Å². The summed E-state index contributed by atoms with van der Waals surface area (Å²) in [6.07, 6.45) is 5.38. The third-order valence-electron chi connectivity index (χ3n) is 3.48. The summed E-state index contributed by atoms with van der Waals surface area (Å²) in [6.45, 7) is 5.05. The van der Waals surface area contributed by atoms with Crippen molar-refractivity contribution in [1.82, 2.24) is 0 Å². The fourth-order valence-corrected chi connectivity index (χ4v) is 2.10. The Morgan fingerprint density at radius 2 is 1.92 bits per heavy atom. The van der Waals surface area contributed by atoms with E-state index in [1.165, 1.54) is 6.42 Å². The smallest absolute Gasteiger partial charge is 0.0608 e. The van der Waals surface area contributed by atoms with Crippen LogP contribution in [-0.4, -0.2) is 17.8 Å². The normalized spacial score (nSPS) is 22.8. The van der Waals surface area contributed by atoms with Crippen LogP contribution >= 0.6 is 0 Å². The molecule has 0 spiro atoms. The van der Waals surface area contributed by atoms with Gasteiger partial charge in [0.15, 0.2) is 0 Å². The lowest BCUT2D eigenvalue weighted by molar-refractivity contribution is -0.0345. The molecule has 1 aliphatic rings. The van der Waals surface area contributed by atoms with E-state index in [1.807, 2.05) is 0 Å². The van der Waals surface area contributed by atoms with Crippen LogP contribution in [0.25, 0.3) is 0 Å². The van der Waals surface area contributed by atoms with E-state index in [0.29, 0.717) is 12.5 Å². The zero-order valence-electron chi connectivity index (χ0n) is 8.92. The summed E-state index contributed by atoms with van der Waals surface area (Å²) in [5.41, 5.74) is 5.81. The van der Waals surface area contributed by atoms with Crippen molar-refractivity contribution in [2.75, 3.05) is 6.54 Å². The van der Waals surface area contributed by atoms with E-state index < -0.39 is 0 Å². The standard InChI is InChI=1S/C11H23NO/c1-9(2)4-5-10(13)11(8-12)6-3-7-11/h9-10,13H,3-8,12H2,1-2H3. The molecule has 0 bridgehead atoms. The molecule has 1 unspecified atom stereocenters. The van der Waals surface area contributed by atoms with Crippen LogP contribution in [0.2, 0.25) is 0 Å². The van der Waals surface area contributed by atoms with Gasteiger partial charge in [-0.1, -0.05) is 20.3 Å². The maximum Gasteiger partial charge on any atom is 0.0608 e. The van der Waals surface area contributed by atoms with Gasteiger partial charge in [-0.2, -0.15) is 0 Å². The minimum Gasteiger partial charge on any atom is -0.393 e. The second kappa shape index (κ2) is 4.43. The summed E-state index contributed by atoms with van der Waals surface area (Å²) in [6, 6.07) is 0. The lowest BCUT2D eigenvalue weighted by Gasteiger charge is -2.45. The molecule has 1 fully saturated rings. The van der Waals surface area contributed by atoms with E-state index in [4.69, 9.17) is 5.73 Å².